The van der Waals surface area contributed by atoms with Crippen molar-refractivity contribution in [2.24, 2.45) is 28.7 Å². The summed E-state index contributed by atoms with van der Waals surface area (Å²) in [6, 6.07) is -0.649. The molecule has 344 valence electrons. The van der Waals surface area contributed by atoms with Gasteiger partial charge in [-0.25, -0.2) is 4.98 Å². The normalized spacial score (nSPS) is 13.9. The number of Topliss-reactive ketones (excluding diaryl/α,β-unsaturated/α-hetero) is 1. The molecule has 0 saturated carbocycles. The van der Waals surface area contributed by atoms with Gasteiger partial charge in [0, 0.05) is 67.5 Å². The number of halogens is 1. The van der Waals surface area contributed by atoms with E-state index in [2.05, 4.69) is 24.9 Å². The van der Waals surface area contributed by atoms with Crippen molar-refractivity contribution in [2.45, 2.75) is 73.3 Å². The van der Waals surface area contributed by atoms with Crippen LogP contribution in [0.2, 0.25) is 0 Å². The number of nitrogens with zero attached hydrogens (tertiary/aromatic N) is 2. The van der Waals surface area contributed by atoms with Crippen LogP contribution in [0.15, 0.2) is 12.5 Å². The quantitative estimate of drug-likeness (QED) is 0.0189. The average Bonchev–Trinajstić information content (AvgIpc) is 3.58. The predicted octanol–water partition coefficient (Wildman–Crippen LogP) is 4.57. The molecule has 2 N–H and O–H groups in total. The van der Waals surface area contributed by atoms with E-state index in [0.29, 0.717) is 61.5 Å². The molecule has 0 aliphatic carbocycles. The topological polar surface area (TPSA) is 200 Å². The van der Waals surface area contributed by atoms with E-state index >= 15 is 0 Å². The molecule has 60 heavy (non-hydrogen) atoms. The molecule has 0 fully saturated rings. The van der Waals surface area contributed by atoms with Crippen LogP contribution in [-0.2, 0) is 65.9 Å². The highest BCUT2D eigenvalue weighted by Crippen LogP contribution is 2.31. The lowest BCUT2D eigenvalue weighted by molar-refractivity contribution is -0.178. The van der Waals surface area contributed by atoms with E-state index in [4.69, 9.17) is 28.4 Å². The van der Waals surface area contributed by atoms with Crippen LogP contribution in [-0.4, -0.2) is 147 Å². The van der Waals surface area contributed by atoms with E-state index in [1.165, 1.54) is 0 Å². The van der Waals surface area contributed by atoms with Crippen LogP contribution in [0.4, 0.5) is 4.79 Å². The van der Waals surface area contributed by atoms with Crippen molar-refractivity contribution >= 4 is 82.5 Å². The number of imidazole rings is 1. The number of nitrogens with one attached hydrogen (secondary N) is 2. The van der Waals surface area contributed by atoms with Crippen LogP contribution >= 0.6 is 49.0 Å². The molecule has 16 nitrogen and oxygen atoms in total. The summed E-state index contributed by atoms with van der Waals surface area (Å²) < 4.78 is 36.1. The van der Waals surface area contributed by atoms with Crippen LogP contribution in [0, 0.1) is 21.7 Å². The Bertz CT molecular complexity index is 1430. The number of rotatable bonds is 33. The third-order valence-electron chi connectivity index (χ3n) is 9.49. The molecular weight excluding hydrogens is 948 g/mol. The van der Waals surface area contributed by atoms with E-state index in [1.54, 1.807) is 81.2 Å². The second-order valence-corrected chi connectivity index (χ2v) is 20.5. The molecule has 0 spiro atoms. The zero-order valence-electron chi connectivity index (χ0n) is 37.0. The molecule has 4 atom stereocenters. The van der Waals surface area contributed by atoms with Crippen LogP contribution in [0.1, 0.15) is 66.5 Å². The Hall–Kier alpha value is -1.87. The highest BCUT2D eigenvalue weighted by Gasteiger charge is 2.41. The molecule has 0 aromatic carbocycles. The Morgan fingerprint density at radius 2 is 1.33 bits per heavy atom. The van der Waals surface area contributed by atoms with Gasteiger partial charge < -0.3 is 43.6 Å². The van der Waals surface area contributed by atoms with Crippen LogP contribution < -0.4 is 10.6 Å². The van der Waals surface area contributed by atoms with E-state index in [9.17, 15) is 28.8 Å². The number of ketones is 1. The van der Waals surface area contributed by atoms with Crippen molar-refractivity contribution in [1.82, 2.24) is 20.2 Å². The van der Waals surface area contributed by atoms with Gasteiger partial charge in [-0.05, 0) is 86.2 Å². The van der Waals surface area contributed by atoms with Crippen molar-refractivity contribution in [1.29, 1.82) is 0 Å². The Balaban J connectivity index is 2.75. The average molecular weight is 1020 g/mol. The van der Waals surface area contributed by atoms with Crippen LogP contribution in [0.25, 0.3) is 0 Å². The third-order valence-corrected chi connectivity index (χ3v) is 12.6. The Morgan fingerprint density at radius 1 is 0.800 bits per heavy atom. The maximum absolute atomic E-state index is 13.3. The second kappa shape index (κ2) is 28.7. The lowest BCUT2D eigenvalue weighted by Gasteiger charge is -2.35. The van der Waals surface area contributed by atoms with Crippen molar-refractivity contribution in [3.05, 3.63) is 18.2 Å². The lowest BCUT2D eigenvalue weighted by atomic mass is 9.89. The maximum Gasteiger partial charge on any atom is 0.311 e. The van der Waals surface area contributed by atoms with Gasteiger partial charge in [0.15, 0.2) is 5.78 Å². The van der Waals surface area contributed by atoms with Gasteiger partial charge in [0.1, 0.15) is 26.4 Å². The molecular formula is C40H70IN4O12P3. The standard InChI is InChI=1S/C40H70IN4O12P3/c1-37(2,12-18-58)33(48)55-23-40(24-56-34(49)38(3,4)26-59-8,25-57-35(50)39(5,6)27-60-9)22-54-21-32(47)43-13-15-53-17-16-52-14-10-11-31(46)30(44-36(41)51)19-29-20-42-28-45(29)7/h20,28,30,59-60H,10-19,21-27,58H2,1-9H3,(H,43,47)(H,44,51). The SMILES string of the molecule is CPCC(C)(C)C(=O)OCC(COCC(=O)NCCOCCOCCCC(=O)C(Cc1cncn1C)NC(=O)I)(COC(=O)C(C)(C)CCP)COC(=O)C(C)(C)CPC. The van der Waals surface area contributed by atoms with Crippen molar-refractivity contribution in [2.75, 3.05) is 97.8 Å². The number of hydrogen-bond donors (Lipinski definition) is 2. The third kappa shape index (κ3) is 22.0. The van der Waals surface area contributed by atoms with Crippen LogP contribution in [0.3, 0.4) is 0 Å². The lowest BCUT2D eigenvalue weighted by Crippen LogP contribution is -2.47. The zero-order chi connectivity index (χ0) is 45.4. The summed E-state index contributed by atoms with van der Waals surface area (Å²) >= 11 is 1.61. The highest BCUT2D eigenvalue weighted by molar-refractivity contribution is 14.1. The molecule has 0 radical (unpaired) electrons. The number of carbonyl (C=O) groups excluding carboxylic acids is 6. The van der Waals surface area contributed by atoms with Gasteiger partial charge in [-0.2, -0.15) is 0 Å². The molecule has 1 rings (SSSR count). The summed E-state index contributed by atoms with van der Waals surface area (Å²) in [5.41, 5.74) is -2.82. The summed E-state index contributed by atoms with van der Waals surface area (Å²) in [5, 5.41) is 5.44. The predicted molar refractivity (Wildman–Crippen MR) is 247 cm³/mol. The molecule has 1 aromatic rings. The second-order valence-electron chi connectivity index (χ2n) is 16.8. The first-order chi connectivity index (χ1) is 28.1. The summed E-state index contributed by atoms with van der Waals surface area (Å²) in [6.07, 6.45) is 6.84. The zero-order valence-corrected chi connectivity index (χ0v) is 42.3. The minimum absolute atomic E-state index is 0.0917. The first-order valence-electron chi connectivity index (χ1n) is 20.1. The monoisotopic (exact) mass is 1020 g/mol. The largest absolute Gasteiger partial charge is 0.464 e. The van der Waals surface area contributed by atoms with Crippen molar-refractivity contribution < 1.29 is 57.2 Å². The minimum atomic E-state index is -1.31. The van der Waals surface area contributed by atoms with Crippen LogP contribution in [0.5, 0.6) is 0 Å². The van der Waals surface area contributed by atoms with E-state index in [1.807, 2.05) is 20.4 Å². The molecule has 4 unspecified atom stereocenters. The fourth-order valence-electron chi connectivity index (χ4n) is 5.67. The molecule has 0 saturated heterocycles. The maximum atomic E-state index is 13.3. The highest BCUT2D eigenvalue weighted by atomic mass is 127. The van der Waals surface area contributed by atoms with E-state index in [-0.39, 0.29) is 75.5 Å². The van der Waals surface area contributed by atoms with Gasteiger partial charge in [-0.15, -0.1) is 26.4 Å². The molecule has 1 heterocycles. The number of ether oxygens (including phenoxy) is 6. The van der Waals surface area contributed by atoms with E-state index < -0.39 is 51.5 Å². The molecule has 2 amide bonds. The summed E-state index contributed by atoms with van der Waals surface area (Å²) in [5.74, 6) is -1.88. The number of carbonyl (C=O) groups is 6. The fraction of sp³-hybridized carbons (Fsp3) is 0.775. The summed E-state index contributed by atoms with van der Waals surface area (Å²) in [7, 11) is 5.46. The first kappa shape index (κ1) is 56.1. The fourth-order valence-corrected chi connectivity index (χ4v) is 8.83. The number of amides is 2. The van der Waals surface area contributed by atoms with Crippen molar-refractivity contribution in [3.8, 4) is 0 Å². The minimum Gasteiger partial charge on any atom is -0.464 e. The number of esters is 3. The van der Waals surface area contributed by atoms with Gasteiger partial charge >= 0.3 is 17.9 Å². The Labute approximate surface area is 376 Å². The summed E-state index contributed by atoms with van der Waals surface area (Å²) in [6.45, 7) is 14.6. The van der Waals surface area contributed by atoms with Gasteiger partial charge in [0.25, 0.3) is 3.91 Å². The molecule has 20 heteroatoms. The smallest absolute Gasteiger partial charge is 0.311 e. The number of hydrogen-bond acceptors (Lipinski definition) is 13. The van der Waals surface area contributed by atoms with Gasteiger partial charge in [-0.3, -0.25) is 28.8 Å². The first-order valence-corrected chi connectivity index (χ1v) is 25.4. The Kier molecular flexibility index (Phi) is 26.9. The molecule has 0 bridgehead atoms. The van der Waals surface area contributed by atoms with Crippen molar-refractivity contribution in [3.63, 3.8) is 0 Å². The molecule has 1 aromatic heterocycles. The summed E-state index contributed by atoms with van der Waals surface area (Å²) in [4.78, 5) is 81.0. The van der Waals surface area contributed by atoms with Gasteiger partial charge in [0.05, 0.1) is 60.5 Å². The molecule has 0 aliphatic rings. The van der Waals surface area contributed by atoms with Gasteiger partial charge in [-0.1, -0.05) is 0 Å². The number of aryl methyl sites for hydroxylation is 1. The molecule has 0 aliphatic heterocycles. The van der Waals surface area contributed by atoms with E-state index in [0.717, 1.165) is 5.69 Å². The Morgan fingerprint density at radius 3 is 1.82 bits per heavy atom. The van der Waals surface area contributed by atoms with Gasteiger partial charge in [0.2, 0.25) is 5.91 Å². The number of aromatic nitrogens is 2.